The Bertz CT molecular complexity index is 334. The van der Waals surface area contributed by atoms with Crippen LogP contribution in [0.3, 0.4) is 0 Å². The molecule has 0 aromatic heterocycles. The smallest absolute Gasteiger partial charge is 0.194 e. The topological polar surface area (TPSA) is 20.2 Å². The Morgan fingerprint density at radius 1 is 1.23 bits per heavy atom. The van der Waals surface area contributed by atoms with Crippen LogP contribution in [0.4, 0.5) is 13.2 Å². The van der Waals surface area contributed by atoms with E-state index < -0.39 is 23.6 Å². The molecule has 0 saturated heterocycles. The molecule has 0 amide bonds. The number of rotatable bonds is 1. The number of halogens is 3. The van der Waals surface area contributed by atoms with Gasteiger partial charge in [-0.1, -0.05) is 0 Å². The van der Waals surface area contributed by atoms with Gasteiger partial charge in [-0.2, -0.15) is 0 Å². The number of aliphatic hydroxyl groups excluding tert-OH is 1. The highest BCUT2D eigenvalue weighted by atomic mass is 19.2. The van der Waals surface area contributed by atoms with Crippen molar-refractivity contribution in [2.45, 2.75) is 20.0 Å². The third kappa shape index (κ3) is 1.67. The van der Waals surface area contributed by atoms with E-state index in [1.807, 2.05) is 0 Å². The average Bonchev–Trinajstić information content (AvgIpc) is 2.07. The van der Waals surface area contributed by atoms with Crippen molar-refractivity contribution in [1.82, 2.24) is 0 Å². The van der Waals surface area contributed by atoms with Gasteiger partial charge in [0.25, 0.3) is 0 Å². The van der Waals surface area contributed by atoms with E-state index in [2.05, 4.69) is 0 Å². The van der Waals surface area contributed by atoms with Gasteiger partial charge in [0.05, 0.1) is 6.10 Å². The maximum atomic E-state index is 12.9. The minimum atomic E-state index is -1.50. The minimum Gasteiger partial charge on any atom is -0.389 e. The van der Waals surface area contributed by atoms with E-state index in [0.717, 1.165) is 6.07 Å². The zero-order valence-electron chi connectivity index (χ0n) is 7.24. The van der Waals surface area contributed by atoms with Gasteiger partial charge >= 0.3 is 0 Å². The molecule has 1 rings (SSSR count). The van der Waals surface area contributed by atoms with Gasteiger partial charge in [-0.15, -0.1) is 0 Å². The molecule has 0 aliphatic heterocycles. The molecule has 0 fully saturated rings. The summed E-state index contributed by atoms with van der Waals surface area (Å²) >= 11 is 0. The molecule has 1 aromatic rings. The summed E-state index contributed by atoms with van der Waals surface area (Å²) < 4.78 is 38.1. The molecule has 0 heterocycles. The summed E-state index contributed by atoms with van der Waals surface area (Å²) in [5.74, 6) is -4.02. The van der Waals surface area contributed by atoms with Gasteiger partial charge in [-0.3, -0.25) is 0 Å². The Labute approximate surface area is 73.8 Å². The van der Waals surface area contributed by atoms with E-state index in [1.165, 1.54) is 13.8 Å². The fourth-order valence-electron chi connectivity index (χ4n) is 1.14. The third-order valence-corrected chi connectivity index (χ3v) is 1.90. The van der Waals surface area contributed by atoms with Crippen LogP contribution in [0.5, 0.6) is 0 Å². The van der Waals surface area contributed by atoms with Crippen LogP contribution in [-0.4, -0.2) is 5.11 Å². The largest absolute Gasteiger partial charge is 0.389 e. The van der Waals surface area contributed by atoms with Crippen LogP contribution in [-0.2, 0) is 0 Å². The molecular formula is C9H9F3O. The molecule has 1 unspecified atom stereocenters. The van der Waals surface area contributed by atoms with E-state index in [-0.39, 0.29) is 11.1 Å². The van der Waals surface area contributed by atoms with E-state index in [9.17, 15) is 13.2 Å². The van der Waals surface area contributed by atoms with Gasteiger partial charge in [0, 0.05) is 0 Å². The zero-order valence-corrected chi connectivity index (χ0v) is 7.24. The molecule has 1 N–H and O–H groups in total. The Kier molecular flexibility index (Phi) is 2.61. The summed E-state index contributed by atoms with van der Waals surface area (Å²) in [7, 11) is 0. The Morgan fingerprint density at radius 2 is 1.77 bits per heavy atom. The van der Waals surface area contributed by atoms with Gasteiger partial charge in [0.1, 0.15) is 0 Å². The van der Waals surface area contributed by atoms with Crippen LogP contribution < -0.4 is 0 Å². The van der Waals surface area contributed by atoms with Gasteiger partial charge < -0.3 is 5.11 Å². The molecule has 0 saturated carbocycles. The average molecular weight is 190 g/mol. The van der Waals surface area contributed by atoms with E-state index in [4.69, 9.17) is 5.11 Å². The van der Waals surface area contributed by atoms with Gasteiger partial charge in [0.15, 0.2) is 17.5 Å². The van der Waals surface area contributed by atoms with Crippen molar-refractivity contribution in [3.8, 4) is 0 Å². The first-order valence-electron chi connectivity index (χ1n) is 3.77. The SMILES string of the molecule is Cc1c(C(C)O)cc(F)c(F)c1F. The van der Waals surface area contributed by atoms with Crippen molar-refractivity contribution in [3.05, 3.63) is 34.6 Å². The van der Waals surface area contributed by atoms with Gasteiger partial charge in [-0.05, 0) is 31.0 Å². The van der Waals surface area contributed by atoms with E-state index in [1.54, 1.807) is 0 Å². The van der Waals surface area contributed by atoms with Crippen LogP contribution in [0.15, 0.2) is 6.07 Å². The van der Waals surface area contributed by atoms with Crippen molar-refractivity contribution in [2.75, 3.05) is 0 Å². The van der Waals surface area contributed by atoms with Crippen LogP contribution in [0.25, 0.3) is 0 Å². The molecular weight excluding hydrogens is 181 g/mol. The summed E-state index contributed by atoms with van der Waals surface area (Å²) in [5.41, 5.74) is 0.00491. The second kappa shape index (κ2) is 3.38. The molecule has 13 heavy (non-hydrogen) atoms. The highest BCUT2D eigenvalue weighted by molar-refractivity contribution is 5.30. The number of hydrogen-bond acceptors (Lipinski definition) is 1. The predicted octanol–water partition coefficient (Wildman–Crippen LogP) is 2.47. The predicted molar refractivity (Wildman–Crippen MR) is 41.7 cm³/mol. The Balaban J connectivity index is 3.41. The lowest BCUT2D eigenvalue weighted by molar-refractivity contribution is 0.197. The maximum Gasteiger partial charge on any atom is 0.194 e. The highest BCUT2D eigenvalue weighted by Crippen LogP contribution is 2.23. The molecule has 0 aliphatic carbocycles. The van der Waals surface area contributed by atoms with Crippen molar-refractivity contribution >= 4 is 0 Å². The minimum absolute atomic E-state index is 0.0612. The lowest BCUT2D eigenvalue weighted by Gasteiger charge is -2.10. The fraction of sp³-hybridized carbons (Fsp3) is 0.333. The van der Waals surface area contributed by atoms with Crippen LogP contribution in [0, 0.1) is 24.4 Å². The summed E-state index contributed by atoms with van der Waals surface area (Å²) in [6.07, 6.45) is -1.01. The van der Waals surface area contributed by atoms with Gasteiger partial charge in [0.2, 0.25) is 0 Å². The number of aliphatic hydroxyl groups is 1. The lowest BCUT2D eigenvalue weighted by Crippen LogP contribution is -2.03. The molecule has 0 aliphatic rings. The second-order valence-corrected chi connectivity index (χ2v) is 2.88. The summed E-state index contributed by atoms with van der Waals surface area (Å²) in [6.45, 7) is 2.65. The molecule has 0 bridgehead atoms. The molecule has 0 spiro atoms. The van der Waals surface area contributed by atoms with Crippen molar-refractivity contribution < 1.29 is 18.3 Å². The first kappa shape index (κ1) is 10.1. The lowest BCUT2D eigenvalue weighted by atomic mass is 10.0. The molecule has 1 atom stereocenters. The van der Waals surface area contributed by atoms with Crippen molar-refractivity contribution in [3.63, 3.8) is 0 Å². The van der Waals surface area contributed by atoms with Crippen molar-refractivity contribution in [2.24, 2.45) is 0 Å². The zero-order chi connectivity index (χ0) is 10.2. The second-order valence-electron chi connectivity index (χ2n) is 2.88. The molecule has 72 valence electrons. The fourth-order valence-corrected chi connectivity index (χ4v) is 1.14. The maximum absolute atomic E-state index is 12.9. The Hall–Kier alpha value is -1.03. The third-order valence-electron chi connectivity index (χ3n) is 1.90. The Morgan fingerprint density at radius 3 is 2.23 bits per heavy atom. The standard InChI is InChI=1S/C9H9F3O/c1-4-6(5(2)13)3-7(10)9(12)8(4)11/h3,5,13H,1-2H3. The van der Waals surface area contributed by atoms with E-state index in [0.29, 0.717) is 0 Å². The highest BCUT2D eigenvalue weighted by Gasteiger charge is 2.17. The number of hydrogen-bond donors (Lipinski definition) is 1. The quantitative estimate of drug-likeness (QED) is 0.674. The van der Waals surface area contributed by atoms with E-state index >= 15 is 0 Å². The molecule has 1 aromatic carbocycles. The summed E-state index contributed by atoms with van der Waals surface area (Å²) in [6, 6.07) is 0.804. The molecule has 1 nitrogen and oxygen atoms in total. The number of benzene rings is 1. The first-order chi connectivity index (χ1) is 5.95. The summed E-state index contributed by atoms with van der Waals surface area (Å²) in [5, 5.41) is 9.09. The molecule has 0 radical (unpaired) electrons. The summed E-state index contributed by atoms with van der Waals surface area (Å²) in [4.78, 5) is 0. The monoisotopic (exact) mass is 190 g/mol. The van der Waals surface area contributed by atoms with Crippen LogP contribution >= 0.6 is 0 Å². The normalized spacial score (nSPS) is 13.1. The van der Waals surface area contributed by atoms with Crippen LogP contribution in [0.1, 0.15) is 24.2 Å². The van der Waals surface area contributed by atoms with Crippen LogP contribution in [0.2, 0.25) is 0 Å². The van der Waals surface area contributed by atoms with Crippen molar-refractivity contribution in [1.29, 1.82) is 0 Å². The van der Waals surface area contributed by atoms with Gasteiger partial charge in [-0.25, -0.2) is 13.2 Å². The molecule has 4 heteroatoms. The first-order valence-corrected chi connectivity index (χ1v) is 3.77.